The number of rotatable bonds is 4. The van der Waals surface area contributed by atoms with Crippen molar-refractivity contribution in [2.45, 2.75) is 63.9 Å². The van der Waals surface area contributed by atoms with Crippen LogP contribution in [0.5, 0.6) is 0 Å². The Kier molecular flexibility index (Phi) is 4.18. The van der Waals surface area contributed by atoms with Crippen LogP contribution < -0.4 is 0 Å². The van der Waals surface area contributed by atoms with Crippen molar-refractivity contribution >= 4 is 23.2 Å². The van der Waals surface area contributed by atoms with E-state index >= 15 is 0 Å². The third-order valence-electron chi connectivity index (χ3n) is 5.56. The van der Waals surface area contributed by atoms with Gasteiger partial charge in [-0.2, -0.15) is 5.26 Å². The summed E-state index contributed by atoms with van der Waals surface area (Å²) in [5.41, 5.74) is -0.506. The highest BCUT2D eigenvalue weighted by Gasteiger charge is 2.65. The molecule has 5 heteroatoms. The van der Waals surface area contributed by atoms with Gasteiger partial charge < -0.3 is 9.47 Å². The van der Waals surface area contributed by atoms with Crippen molar-refractivity contribution in [1.29, 1.82) is 5.26 Å². The average Bonchev–Trinajstić information content (AvgIpc) is 2.99. The minimum atomic E-state index is -0.537. The zero-order valence-electron chi connectivity index (χ0n) is 13.7. The Bertz CT molecular complexity index is 649. The molecule has 0 radical (unpaired) electrons. The van der Waals surface area contributed by atoms with Gasteiger partial charge in [-0.1, -0.05) is 29.3 Å². The second kappa shape index (κ2) is 5.63. The molecule has 1 aromatic carbocycles. The molecular weight excluding hydrogens is 333 g/mol. The van der Waals surface area contributed by atoms with Crippen LogP contribution in [0.1, 0.15) is 45.6 Å². The Morgan fingerprint density at radius 1 is 1.35 bits per heavy atom. The van der Waals surface area contributed by atoms with Crippen LogP contribution in [0.15, 0.2) is 18.2 Å². The van der Waals surface area contributed by atoms with E-state index < -0.39 is 11.0 Å². The number of halogens is 2. The molecule has 0 saturated carbocycles. The van der Waals surface area contributed by atoms with E-state index in [1.54, 1.807) is 0 Å². The molecule has 0 amide bonds. The fraction of sp³-hybridized carbons (Fsp3) is 0.611. The molecule has 23 heavy (non-hydrogen) atoms. The largest absolute Gasteiger partial charge is 0.370 e. The van der Waals surface area contributed by atoms with Gasteiger partial charge in [0.2, 0.25) is 0 Å². The summed E-state index contributed by atoms with van der Waals surface area (Å²) < 4.78 is 12.5. The quantitative estimate of drug-likeness (QED) is 0.752. The maximum Gasteiger partial charge on any atom is 0.0925 e. The molecule has 3 unspecified atom stereocenters. The standard InChI is InChI=1S/C18H21Cl2NO2/c1-16(2,11-21)18-8-7-17(3,23-18)15(9-18)22-10-12-13(19)5-4-6-14(12)20/h4-6,15H,7-10H2,1-3H3. The first kappa shape index (κ1) is 17.0. The van der Waals surface area contributed by atoms with E-state index in [0.29, 0.717) is 16.7 Å². The molecule has 3 rings (SSSR count). The molecule has 2 saturated heterocycles. The molecule has 124 valence electrons. The number of nitriles is 1. The second-order valence-electron chi connectivity index (χ2n) is 7.35. The van der Waals surface area contributed by atoms with Gasteiger partial charge in [0.25, 0.3) is 0 Å². The normalized spacial score (nSPS) is 33.0. The third-order valence-corrected chi connectivity index (χ3v) is 6.27. The van der Waals surface area contributed by atoms with Gasteiger partial charge in [0, 0.05) is 22.0 Å². The number of nitrogens with zero attached hydrogens (tertiary/aromatic N) is 1. The molecule has 0 aromatic heterocycles. The van der Waals surface area contributed by atoms with Gasteiger partial charge in [0.15, 0.2) is 0 Å². The SMILES string of the molecule is CC12CCC(C(C)(C)C#N)(CC1OCc1c(Cl)cccc1Cl)O2. The fourth-order valence-electron chi connectivity index (χ4n) is 3.77. The smallest absolute Gasteiger partial charge is 0.0925 e. The number of hydrogen-bond acceptors (Lipinski definition) is 3. The van der Waals surface area contributed by atoms with Crippen molar-refractivity contribution in [3.8, 4) is 6.07 Å². The van der Waals surface area contributed by atoms with Crippen molar-refractivity contribution in [3.05, 3.63) is 33.8 Å². The van der Waals surface area contributed by atoms with Gasteiger partial charge in [0.1, 0.15) is 0 Å². The van der Waals surface area contributed by atoms with E-state index in [-0.39, 0.29) is 11.7 Å². The maximum absolute atomic E-state index is 9.51. The molecule has 0 aliphatic carbocycles. The summed E-state index contributed by atoms with van der Waals surface area (Å²) >= 11 is 12.4. The van der Waals surface area contributed by atoms with Gasteiger partial charge in [-0.05, 0) is 45.7 Å². The highest BCUT2D eigenvalue weighted by atomic mass is 35.5. The third kappa shape index (κ3) is 2.66. The summed E-state index contributed by atoms with van der Waals surface area (Å²) in [6.45, 7) is 6.33. The van der Waals surface area contributed by atoms with E-state index in [9.17, 15) is 5.26 Å². The highest BCUT2D eigenvalue weighted by Crippen LogP contribution is 2.58. The molecule has 2 aliphatic heterocycles. The number of fused-ring (bicyclic) bond motifs is 2. The lowest BCUT2D eigenvalue weighted by Gasteiger charge is -2.36. The van der Waals surface area contributed by atoms with E-state index in [1.165, 1.54) is 0 Å². The lowest BCUT2D eigenvalue weighted by atomic mass is 9.68. The van der Waals surface area contributed by atoms with Crippen LogP contribution in [0.4, 0.5) is 0 Å². The summed E-state index contributed by atoms with van der Waals surface area (Å²) in [5, 5.41) is 10.7. The monoisotopic (exact) mass is 353 g/mol. The Morgan fingerprint density at radius 2 is 2.00 bits per heavy atom. The van der Waals surface area contributed by atoms with Crippen molar-refractivity contribution in [2.75, 3.05) is 0 Å². The van der Waals surface area contributed by atoms with Gasteiger partial charge >= 0.3 is 0 Å². The van der Waals surface area contributed by atoms with E-state index in [1.807, 2.05) is 32.0 Å². The fourth-order valence-corrected chi connectivity index (χ4v) is 4.28. The summed E-state index contributed by atoms with van der Waals surface area (Å²) in [5.74, 6) is 0. The maximum atomic E-state index is 9.51. The molecule has 2 bridgehead atoms. The highest BCUT2D eigenvalue weighted by molar-refractivity contribution is 6.35. The zero-order chi connectivity index (χ0) is 16.9. The predicted octanol–water partition coefficient (Wildman–Crippen LogP) is 5.14. The minimum Gasteiger partial charge on any atom is -0.370 e. The molecular formula is C18H21Cl2NO2. The van der Waals surface area contributed by atoms with Crippen LogP contribution in [0.2, 0.25) is 10.0 Å². The van der Waals surface area contributed by atoms with Crippen molar-refractivity contribution < 1.29 is 9.47 Å². The van der Waals surface area contributed by atoms with Gasteiger partial charge in [-0.3, -0.25) is 0 Å². The molecule has 2 fully saturated rings. The average molecular weight is 354 g/mol. The van der Waals surface area contributed by atoms with E-state index in [0.717, 1.165) is 24.8 Å². The molecule has 2 aliphatic rings. The summed E-state index contributed by atoms with van der Waals surface area (Å²) in [7, 11) is 0. The number of ether oxygens (including phenoxy) is 2. The molecule has 0 spiro atoms. The lowest BCUT2D eigenvalue weighted by Crippen LogP contribution is -2.43. The molecule has 1 aromatic rings. The minimum absolute atomic E-state index is 0.0591. The topological polar surface area (TPSA) is 42.2 Å². The predicted molar refractivity (Wildman–Crippen MR) is 90.5 cm³/mol. The molecule has 0 N–H and O–H groups in total. The second-order valence-corrected chi connectivity index (χ2v) is 8.16. The summed E-state index contributed by atoms with van der Waals surface area (Å²) in [4.78, 5) is 0. The number of hydrogen-bond donors (Lipinski definition) is 0. The summed E-state index contributed by atoms with van der Waals surface area (Å²) in [6.07, 6.45) is 2.47. The van der Waals surface area contributed by atoms with Crippen LogP contribution in [0, 0.1) is 16.7 Å². The van der Waals surface area contributed by atoms with E-state index in [2.05, 4.69) is 13.0 Å². The van der Waals surface area contributed by atoms with Crippen molar-refractivity contribution in [2.24, 2.45) is 5.41 Å². The first-order valence-corrected chi connectivity index (χ1v) is 8.65. The summed E-state index contributed by atoms with van der Waals surface area (Å²) in [6, 6.07) is 7.85. The van der Waals surface area contributed by atoms with Crippen LogP contribution in [-0.4, -0.2) is 17.3 Å². The first-order valence-electron chi connectivity index (χ1n) is 7.89. The van der Waals surface area contributed by atoms with Crippen LogP contribution in [0.3, 0.4) is 0 Å². The van der Waals surface area contributed by atoms with Gasteiger partial charge in [-0.15, -0.1) is 0 Å². The Balaban J connectivity index is 1.77. The first-order chi connectivity index (χ1) is 10.7. The van der Waals surface area contributed by atoms with Crippen LogP contribution in [-0.2, 0) is 16.1 Å². The number of benzene rings is 1. The zero-order valence-corrected chi connectivity index (χ0v) is 15.2. The van der Waals surface area contributed by atoms with Crippen LogP contribution in [0.25, 0.3) is 0 Å². The van der Waals surface area contributed by atoms with E-state index in [4.69, 9.17) is 32.7 Å². The lowest BCUT2D eigenvalue weighted by molar-refractivity contribution is -0.107. The molecule has 2 heterocycles. The Hall–Kier alpha value is -0.790. The van der Waals surface area contributed by atoms with Gasteiger partial charge in [-0.25, -0.2) is 0 Å². The Morgan fingerprint density at radius 3 is 2.61 bits per heavy atom. The van der Waals surface area contributed by atoms with Crippen molar-refractivity contribution in [1.82, 2.24) is 0 Å². The van der Waals surface area contributed by atoms with Crippen LogP contribution >= 0.6 is 23.2 Å². The molecule has 3 nitrogen and oxygen atoms in total. The molecule has 3 atom stereocenters. The Labute approximate surface area is 147 Å². The van der Waals surface area contributed by atoms with Crippen molar-refractivity contribution in [3.63, 3.8) is 0 Å². The van der Waals surface area contributed by atoms with Gasteiger partial charge in [0.05, 0.1) is 35.4 Å².